The number of amides is 1. The van der Waals surface area contributed by atoms with Gasteiger partial charge in [0.05, 0.1) is 12.5 Å². The first kappa shape index (κ1) is 14.9. The molecule has 1 N–H and O–H groups in total. The number of nitrogens with one attached hydrogen (secondary N) is 1. The lowest BCUT2D eigenvalue weighted by atomic mass is 10.2. The summed E-state index contributed by atoms with van der Waals surface area (Å²) in [5, 5.41) is 11.8. The average molecular weight is 225 g/mol. The lowest BCUT2D eigenvalue weighted by molar-refractivity contribution is -0.131. The minimum Gasteiger partial charge on any atom is -0.342 e. The number of rotatable bonds is 7. The predicted octanol–water partition coefficient (Wildman–Crippen LogP) is 1.53. The first-order chi connectivity index (χ1) is 7.49. The molecular formula is C12H23N3O. The Morgan fingerprint density at radius 1 is 1.44 bits per heavy atom. The van der Waals surface area contributed by atoms with Crippen molar-refractivity contribution in [3.8, 4) is 6.07 Å². The molecule has 0 saturated heterocycles. The number of nitriles is 1. The SMILES string of the molecule is CC(C)NCCCC(=O)N(C)C(C)CC#N. The lowest BCUT2D eigenvalue weighted by Gasteiger charge is -2.23. The van der Waals surface area contributed by atoms with Gasteiger partial charge in [-0.2, -0.15) is 5.26 Å². The van der Waals surface area contributed by atoms with Crippen molar-refractivity contribution in [3.05, 3.63) is 0 Å². The molecule has 0 bridgehead atoms. The predicted molar refractivity (Wildman–Crippen MR) is 64.8 cm³/mol. The number of carbonyl (C=O) groups excluding carboxylic acids is 1. The van der Waals surface area contributed by atoms with Crippen molar-refractivity contribution in [2.75, 3.05) is 13.6 Å². The minimum absolute atomic E-state index is 0.00978. The van der Waals surface area contributed by atoms with Gasteiger partial charge in [-0.1, -0.05) is 13.8 Å². The Bertz CT molecular complexity index is 245. The highest BCUT2D eigenvalue weighted by molar-refractivity contribution is 5.76. The van der Waals surface area contributed by atoms with Gasteiger partial charge in [0.2, 0.25) is 5.91 Å². The van der Waals surface area contributed by atoms with E-state index in [4.69, 9.17) is 5.26 Å². The maximum absolute atomic E-state index is 11.7. The molecule has 0 spiro atoms. The topological polar surface area (TPSA) is 56.1 Å². The highest BCUT2D eigenvalue weighted by atomic mass is 16.2. The quantitative estimate of drug-likeness (QED) is 0.668. The van der Waals surface area contributed by atoms with Crippen LogP contribution in [0.4, 0.5) is 0 Å². The summed E-state index contributed by atoms with van der Waals surface area (Å²) in [5.74, 6) is 0.119. The Labute approximate surface area is 98.6 Å². The van der Waals surface area contributed by atoms with E-state index < -0.39 is 0 Å². The molecule has 4 heteroatoms. The van der Waals surface area contributed by atoms with Crippen LogP contribution in [0.25, 0.3) is 0 Å². The molecule has 1 atom stereocenters. The van der Waals surface area contributed by atoms with Gasteiger partial charge >= 0.3 is 0 Å². The van der Waals surface area contributed by atoms with Gasteiger partial charge in [-0.3, -0.25) is 4.79 Å². The van der Waals surface area contributed by atoms with E-state index >= 15 is 0 Å². The third kappa shape index (κ3) is 6.41. The van der Waals surface area contributed by atoms with Gasteiger partial charge < -0.3 is 10.2 Å². The molecular weight excluding hydrogens is 202 g/mol. The van der Waals surface area contributed by atoms with E-state index in [0.717, 1.165) is 13.0 Å². The van der Waals surface area contributed by atoms with Gasteiger partial charge in [-0.05, 0) is 19.9 Å². The third-order valence-electron chi connectivity index (χ3n) is 2.56. The molecule has 1 unspecified atom stereocenters. The fourth-order valence-electron chi connectivity index (χ4n) is 1.32. The normalized spacial score (nSPS) is 12.2. The highest BCUT2D eigenvalue weighted by Gasteiger charge is 2.14. The van der Waals surface area contributed by atoms with Crippen LogP contribution in [0.1, 0.15) is 40.0 Å². The second-order valence-corrected chi connectivity index (χ2v) is 4.43. The lowest BCUT2D eigenvalue weighted by Crippen LogP contribution is -2.35. The number of nitrogens with zero attached hydrogens (tertiary/aromatic N) is 2. The maximum Gasteiger partial charge on any atom is 0.222 e. The molecule has 0 aliphatic rings. The minimum atomic E-state index is 0.00978. The van der Waals surface area contributed by atoms with Crippen molar-refractivity contribution in [2.24, 2.45) is 0 Å². The molecule has 0 fully saturated rings. The fourth-order valence-corrected chi connectivity index (χ4v) is 1.32. The fraction of sp³-hybridized carbons (Fsp3) is 0.833. The Kier molecular flexibility index (Phi) is 7.57. The van der Waals surface area contributed by atoms with Gasteiger partial charge in [0.1, 0.15) is 0 Å². The van der Waals surface area contributed by atoms with Crippen molar-refractivity contribution in [2.45, 2.75) is 52.1 Å². The molecule has 0 aliphatic carbocycles. The second kappa shape index (κ2) is 8.12. The zero-order chi connectivity index (χ0) is 12.6. The molecule has 0 saturated carbocycles. The van der Waals surface area contributed by atoms with E-state index in [1.807, 2.05) is 6.92 Å². The van der Waals surface area contributed by atoms with Crippen molar-refractivity contribution in [1.82, 2.24) is 10.2 Å². The van der Waals surface area contributed by atoms with Crippen LogP contribution in [-0.4, -0.2) is 36.5 Å². The number of hydrogen-bond donors (Lipinski definition) is 1. The standard InChI is InChI=1S/C12H23N3O/c1-10(2)14-9-5-6-12(16)15(4)11(3)7-8-13/h10-11,14H,5-7,9H2,1-4H3. The molecule has 0 aliphatic heterocycles. The molecule has 92 valence electrons. The summed E-state index contributed by atoms with van der Waals surface area (Å²) in [6.45, 7) is 6.93. The van der Waals surface area contributed by atoms with Crippen LogP contribution in [0.3, 0.4) is 0 Å². The Balaban J connectivity index is 3.76. The molecule has 0 radical (unpaired) electrons. The monoisotopic (exact) mass is 225 g/mol. The third-order valence-corrected chi connectivity index (χ3v) is 2.56. The molecule has 0 rings (SSSR count). The largest absolute Gasteiger partial charge is 0.342 e. The van der Waals surface area contributed by atoms with E-state index in [9.17, 15) is 4.79 Å². The average Bonchev–Trinajstić information content (AvgIpc) is 2.23. The second-order valence-electron chi connectivity index (χ2n) is 4.43. The van der Waals surface area contributed by atoms with Gasteiger partial charge in [0.25, 0.3) is 0 Å². The molecule has 0 aromatic heterocycles. The first-order valence-corrected chi connectivity index (χ1v) is 5.85. The van der Waals surface area contributed by atoms with Gasteiger partial charge in [0.15, 0.2) is 0 Å². The number of hydrogen-bond acceptors (Lipinski definition) is 3. The van der Waals surface area contributed by atoms with Crippen molar-refractivity contribution in [3.63, 3.8) is 0 Å². The Hall–Kier alpha value is -1.08. The number of carbonyl (C=O) groups is 1. The zero-order valence-corrected chi connectivity index (χ0v) is 10.8. The summed E-state index contributed by atoms with van der Waals surface area (Å²) in [6, 6.07) is 2.55. The summed E-state index contributed by atoms with van der Waals surface area (Å²) in [4.78, 5) is 13.4. The van der Waals surface area contributed by atoms with Crippen LogP contribution in [0.2, 0.25) is 0 Å². The molecule has 0 aromatic rings. The van der Waals surface area contributed by atoms with Crippen LogP contribution in [0.15, 0.2) is 0 Å². The van der Waals surface area contributed by atoms with E-state index in [-0.39, 0.29) is 11.9 Å². The highest BCUT2D eigenvalue weighted by Crippen LogP contribution is 2.03. The van der Waals surface area contributed by atoms with E-state index in [0.29, 0.717) is 18.9 Å². The van der Waals surface area contributed by atoms with Crippen LogP contribution in [-0.2, 0) is 4.79 Å². The summed E-state index contributed by atoms with van der Waals surface area (Å²) in [6.07, 6.45) is 1.79. The van der Waals surface area contributed by atoms with Crippen LogP contribution in [0, 0.1) is 11.3 Å². The Morgan fingerprint density at radius 3 is 2.56 bits per heavy atom. The molecule has 0 heterocycles. The van der Waals surface area contributed by atoms with Gasteiger partial charge in [0, 0.05) is 25.6 Å². The summed E-state index contributed by atoms with van der Waals surface area (Å²) in [7, 11) is 1.76. The molecule has 0 aromatic carbocycles. The van der Waals surface area contributed by atoms with Gasteiger partial charge in [-0.15, -0.1) is 0 Å². The van der Waals surface area contributed by atoms with Crippen LogP contribution >= 0.6 is 0 Å². The summed E-state index contributed by atoms with van der Waals surface area (Å²) < 4.78 is 0. The molecule has 4 nitrogen and oxygen atoms in total. The van der Waals surface area contributed by atoms with E-state index in [1.165, 1.54) is 0 Å². The van der Waals surface area contributed by atoms with Crippen LogP contribution < -0.4 is 5.32 Å². The summed E-state index contributed by atoms with van der Waals surface area (Å²) >= 11 is 0. The van der Waals surface area contributed by atoms with E-state index in [2.05, 4.69) is 25.2 Å². The van der Waals surface area contributed by atoms with Gasteiger partial charge in [-0.25, -0.2) is 0 Å². The smallest absolute Gasteiger partial charge is 0.222 e. The van der Waals surface area contributed by atoms with Crippen LogP contribution in [0.5, 0.6) is 0 Å². The van der Waals surface area contributed by atoms with Crippen molar-refractivity contribution in [1.29, 1.82) is 5.26 Å². The maximum atomic E-state index is 11.7. The first-order valence-electron chi connectivity index (χ1n) is 5.85. The molecule has 16 heavy (non-hydrogen) atoms. The van der Waals surface area contributed by atoms with Crippen molar-refractivity contribution >= 4 is 5.91 Å². The van der Waals surface area contributed by atoms with E-state index in [1.54, 1.807) is 11.9 Å². The summed E-state index contributed by atoms with van der Waals surface area (Å²) in [5.41, 5.74) is 0. The zero-order valence-electron chi connectivity index (χ0n) is 10.8. The molecule has 1 amide bonds. The Morgan fingerprint density at radius 2 is 2.06 bits per heavy atom. The van der Waals surface area contributed by atoms with Crippen molar-refractivity contribution < 1.29 is 4.79 Å².